The lowest BCUT2D eigenvalue weighted by molar-refractivity contribution is 0.0974. The molecule has 1 rings (SSSR count). The molecule has 0 spiro atoms. The van der Waals surface area contributed by atoms with Crippen molar-refractivity contribution in [2.24, 2.45) is 0 Å². The summed E-state index contributed by atoms with van der Waals surface area (Å²) in [6, 6.07) is 0.994. The third kappa shape index (κ3) is 2.95. The minimum absolute atomic E-state index is 0.0329. The number of Topliss-reactive ketones (excluding diaryl/α,β-unsaturated/α-hetero) is 1. The molecule has 0 N–H and O–H groups in total. The van der Waals surface area contributed by atoms with Gasteiger partial charge in [-0.05, 0) is 13.3 Å². The summed E-state index contributed by atoms with van der Waals surface area (Å²) in [6.07, 6.45) is 0.323. The van der Waals surface area contributed by atoms with E-state index in [0.29, 0.717) is 18.6 Å². The van der Waals surface area contributed by atoms with E-state index >= 15 is 0 Å². The molecule has 4 heteroatoms. The maximum atomic E-state index is 13.2. The van der Waals surface area contributed by atoms with Crippen LogP contribution in [0.4, 0.5) is 13.2 Å². The first kappa shape index (κ1) is 12.5. The minimum Gasteiger partial charge on any atom is -0.294 e. The van der Waals surface area contributed by atoms with Gasteiger partial charge in [-0.25, -0.2) is 13.2 Å². The van der Waals surface area contributed by atoms with Crippen LogP contribution in [0.2, 0.25) is 0 Å². The van der Waals surface area contributed by atoms with Crippen LogP contribution in [0.15, 0.2) is 24.3 Å². The highest BCUT2D eigenvalue weighted by atomic mass is 19.1. The molecule has 0 aromatic heterocycles. The van der Waals surface area contributed by atoms with Crippen molar-refractivity contribution in [3.63, 3.8) is 0 Å². The van der Waals surface area contributed by atoms with Gasteiger partial charge >= 0.3 is 0 Å². The topological polar surface area (TPSA) is 17.1 Å². The molecular weight excluding hydrogens is 217 g/mol. The molecule has 0 aliphatic heterocycles. The maximum Gasteiger partial charge on any atom is 0.169 e. The molecule has 16 heavy (non-hydrogen) atoms. The molecule has 0 aliphatic carbocycles. The highest BCUT2D eigenvalue weighted by molar-refractivity contribution is 5.96. The molecule has 0 heterocycles. The van der Waals surface area contributed by atoms with Crippen molar-refractivity contribution < 1.29 is 18.0 Å². The lowest BCUT2D eigenvalue weighted by Crippen LogP contribution is -2.06. The first-order chi connectivity index (χ1) is 7.41. The molecule has 0 aliphatic rings. The monoisotopic (exact) mass is 228 g/mol. The summed E-state index contributed by atoms with van der Waals surface area (Å²) in [5, 5.41) is 0. The first-order valence-electron chi connectivity index (χ1n) is 4.74. The second kappa shape index (κ2) is 4.96. The number of hydrogen-bond acceptors (Lipinski definition) is 1. The van der Waals surface area contributed by atoms with Crippen LogP contribution in [-0.4, -0.2) is 5.78 Å². The second-order valence-corrected chi connectivity index (χ2v) is 3.62. The summed E-state index contributed by atoms with van der Waals surface area (Å²) in [5.74, 6) is -4.04. The van der Waals surface area contributed by atoms with Gasteiger partial charge in [-0.2, -0.15) is 0 Å². The molecule has 0 bridgehead atoms. The number of benzene rings is 1. The number of carbonyl (C=O) groups excluding carboxylic acids is 1. The maximum absolute atomic E-state index is 13.2. The van der Waals surface area contributed by atoms with E-state index in [2.05, 4.69) is 6.58 Å². The average Bonchev–Trinajstić information content (AvgIpc) is 2.12. The summed E-state index contributed by atoms with van der Waals surface area (Å²) >= 11 is 0. The van der Waals surface area contributed by atoms with E-state index in [-0.39, 0.29) is 6.42 Å². The lowest BCUT2D eigenvalue weighted by Gasteiger charge is -2.04. The van der Waals surface area contributed by atoms with Crippen LogP contribution in [-0.2, 0) is 0 Å². The van der Waals surface area contributed by atoms with Crippen molar-refractivity contribution in [3.8, 4) is 0 Å². The Balaban J connectivity index is 2.95. The molecular formula is C12H11F3O. The van der Waals surface area contributed by atoms with Crippen LogP contribution >= 0.6 is 0 Å². The molecule has 0 radical (unpaired) electrons. The number of ketones is 1. The molecule has 0 unspecified atom stereocenters. The Labute approximate surface area is 91.6 Å². The van der Waals surface area contributed by atoms with E-state index in [4.69, 9.17) is 0 Å². The van der Waals surface area contributed by atoms with Crippen LogP contribution in [0.3, 0.4) is 0 Å². The van der Waals surface area contributed by atoms with Gasteiger partial charge in [0.05, 0.1) is 5.56 Å². The largest absolute Gasteiger partial charge is 0.294 e. The Kier molecular flexibility index (Phi) is 3.88. The summed E-state index contributed by atoms with van der Waals surface area (Å²) in [7, 11) is 0. The van der Waals surface area contributed by atoms with Gasteiger partial charge < -0.3 is 0 Å². The molecule has 0 atom stereocenters. The van der Waals surface area contributed by atoms with Crippen LogP contribution in [0.5, 0.6) is 0 Å². The van der Waals surface area contributed by atoms with Crippen LogP contribution in [0.25, 0.3) is 0 Å². The fourth-order valence-corrected chi connectivity index (χ4v) is 1.26. The third-order valence-electron chi connectivity index (χ3n) is 2.06. The van der Waals surface area contributed by atoms with E-state index in [1.54, 1.807) is 6.92 Å². The van der Waals surface area contributed by atoms with Crippen LogP contribution in [0, 0.1) is 17.5 Å². The summed E-state index contributed by atoms with van der Waals surface area (Å²) in [5.41, 5.74) is 0.0685. The van der Waals surface area contributed by atoms with E-state index in [0.717, 1.165) is 5.57 Å². The Morgan fingerprint density at radius 1 is 1.19 bits per heavy atom. The molecule has 1 aromatic carbocycles. The molecule has 86 valence electrons. The van der Waals surface area contributed by atoms with Gasteiger partial charge in [0.2, 0.25) is 0 Å². The van der Waals surface area contributed by atoms with Gasteiger partial charge in [0.1, 0.15) is 17.5 Å². The number of carbonyl (C=O) groups is 1. The molecule has 0 saturated carbocycles. The Morgan fingerprint density at radius 3 is 2.12 bits per heavy atom. The third-order valence-corrected chi connectivity index (χ3v) is 2.06. The fraction of sp³-hybridized carbons (Fsp3) is 0.250. The Morgan fingerprint density at radius 2 is 1.69 bits per heavy atom. The van der Waals surface area contributed by atoms with Gasteiger partial charge in [-0.15, -0.1) is 6.58 Å². The SMILES string of the molecule is C=C(C)CCC(=O)c1c(F)cc(F)cc1F. The Hall–Kier alpha value is -1.58. The molecule has 1 aromatic rings. The summed E-state index contributed by atoms with van der Waals surface area (Å²) in [4.78, 5) is 11.5. The van der Waals surface area contributed by atoms with E-state index in [1.807, 2.05) is 0 Å². The summed E-state index contributed by atoms with van der Waals surface area (Å²) < 4.78 is 38.9. The molecule has 0 saturated heterocycles. The van der Waals surface area contributed by atoms with Crippen molar-refractivity contribution in [2.75, 3.05) is 0 Å². The number of halogens is 3. The van der Waals surface area contributed by atoms with Gasteiger partial charge in [-0.1, -0.05) is 5.57 Å². The van der Waals surface area contributed by atoms with Gasteiger partial charge in [-0.3, -0.25) is 4.79 Å². The highest BCUT2D eigenvalue weighted by Gasteiger charge is 2.18. The zero-order valence-corrected chi connectivity index (χ0v) is 8.82. The van der Waals surface area contributed by atoms with Gasteiger partial charge in [0.25, 0.3) is 0 Å². The summed E-state index contributed by atoms with van der Waals surface area (Å²) in [6.45, 7) is 5.29. The lowest BCUT2D eigenvalue weighted by atomic mass is 10.0. The van der Waals surface area contributed by atoms with Crippen LogP contribution < -0.4 is 0 Å². The predicted molar refractivity (Wildman–Crippen MR) is 54.7 cm³/mol. The van der Waals surface area contributed by atoms with Crippen LogP contribution in [0.1, 0.15) is 30.1 Å². The minimum atomic E-state index is -1.16. The zero-order valence-electron chi connectivity index (χ0n) is 8.82. The molecule has 0 fully saturated rings. The van der Waals surface area contributed by atoms with Crippen molar-refractivity contribution in [1.82, 2.24) is 0 Å². The standard InChI is InChI=1S/C12H11F3O/c1-7(2)3-4-11(16)12-9(14)5-8(13)6-10(12)15/h5-6H,1,3-4H2,2H3. The average molecular weight is 228 g/mol. The smallest absolute Gasteiger partial charge is 0.169 e. The van der Waals surface area contributed by atoms with E-state index in [9.17, 15) is 18.0 Å². The normalized spacial score (nSPS) is 10.2. The van der Waals surface area contributed by atoms with Gasteiger partial charge in [0, 0.05) is 18.6 Å². The first-order valence-corrected chi connectivity index (χ1v) is 4.74. The highest BCUT2D eigenvalue weighted by Crippen LogP contribution is 2.18. The zero-order chi connectivity index (χ0) is 12.3. The molecule has 1 nitrogen and oxygen atoms in total. The van der Waals surface area contributed by atoms with Crippen molar-refractivity contribution in [3.05, 3.63) is 47.3 Å². The predicted octanol–water partition coefficient (Wildman–Crippen LogP) is 3.64. The second-order valence-electron chi connectivity index (χ2n) is 3.62. The quantitative estimate of drug-likeness (QED) is 0.568. The van der Waals surface area contributed by atoms with Gasteiger partial charge in [0.15, 0.2) is 5.78 Å². The van der Waals surface area contributed by atoms with E-state index in [1.165, 1.54) is 0 Å². The number of hydrogen-bond donors (Lipinski definition) is 0. The van der Waals surface area contributed by atoms with E-state index < -0.39 is 28.8 Å². The number of rotatable bonds is 4. The van der Waals surface area contributed by atoms with Crippen molar-refractivity contribution >= 4 is 5.78 Å². The Bertz CT molecular complexity index is 415. The van der Waals surface area contributed by atoms with Crippen molar-refractivity contribution in [1.29, 1.82) is 0 Å². The molecule has 0 amide bonds. The number of allylic oxidation sites excluding steroid dienone is 1. The van der Waals surface area contributed by atoms with Crippen molar-refractivity contribution in [2.45, 2.75) is 19.8 Å². The fourth-order valence-electron chi connectivity index (χ4n) is 1.26.